The van der Waals surface area contributed by atoms with Gasteiger partial charge in [0.25, 0.3) is 0 Å². The predicted molar refractivity (Wildman–Crippen MR) is 66.0 cm³/mol. The molecule has 0 spiro atoms. The highest BCUT2D eigenvalue weighted by atomic mass is 35.5. The lowest BCUT2D eigenvalue weighted by Crippen LogP contribution is -2.22. The molecule has 2 aliphatic rings. The van der Waals surface area contributed by atoms with Gasteiger partial charge in [0.15, 0.2) is 0 Å². The van der Waals surface area contributed by atoms with Gasteiger partial charge >= 0.3 is 0 Å². The number of hydrogen-bond acceptors (Lipinski definition) is 2. The molecule has 1 aromatic carbocycles. The van der Waals surface area contributed by atoms with E-state index in [2.05, 4.69) is 11.0 Å². The summed E-state index contributed by atoms with van der Waals surface area (Å²) in [4.78, 5) is 2.34. The van der Waals surface area contributed by atoms with E-state index in [1.54, 1.807) is 0 Å². The second-order valence-corrected chi connectivity index (χ2v) is 5.27. The monoisotopic (exact) mass is 237 g/mol. The van der Waals surface area contributed by atoms with Crippen molar-refractivity contribution in [3.63, 3.8) is 0 Å². The molecule has 0 bridgehead atoms. The van der Waals surface area contributed by atoms with Crippen LogP contribution in [0.25, 0.3) is 0 Å². The molecule has 1 aliphatic heterocycles. The molecule has 1 saturated heterocycles. The van der Waals surface area contributed by atoms with Crippen LogP contribution >= 0.6 is 11.6 Å². The summed E-state index contributed by atoms with van der Waals surface area (Å²) in [5.41, 5.74) is 1.46. The van der Waals surface area contributed by atoms with Crippen LogP contribution in [0, 0.1) is 0 Å². The predicted octanol–water partition coefficient (Wildman–Crippen LogP) is 2.92. The van der Waals surface area contributed by atoms with Crippen molar-refractivity contribution >= 4 is 17.3 Å². The Bertz CT molecular complexity index is 408. The van der Waals surface area contributed by atoms with E-state index in [-0.39, 0.29) is 0 Å². The van der Waals surface area contributed by atoms with Gasteiger partial charge in [-0.25, -0.2) is 0 Å². The summed E-state index contributed by atoms with van der Waals surface area (Å²) in [5.74, 6) is 0. The maximum absolute atomic E-state index is 10.3. The van der Waals surface area contributed by atoms with Crippen molar-refractivity contribution in [3.8, 4) is 0 Å². The summed E-state index contributed by atoms with van der Waals surface area (Å²) in [7, 11) is 0. The van der Waals surface area contributed by atoms with Gasteiger partial charge in [0, 0.05) is 29.4 Å². The third kappa shape index (κ3) is 1.61. The molecule has 1 N–H and O–H groups in total. The first-order chi connectivity index (χ1) is 7.71. The molecule has 3 rings (SSSR count). The average molecular weight is 238 g/mol. The van der Waals surface area contributed by atoms with Crippen molar-refractivity contribution in [2.75, 3.05) is 18.0 Å². The standard InChI is InChI=1S/C13H16ClNO/c14-10-4-3-5-11(15-8-1-2-9-15)12(10)13(16)6-7-13/h3-5,16H,1-2,6-9H2. The lowest BCUT2D eigenvalue weighted by molar-refractivity contribution is 0.152. The van der Waals surface area contributed by atoms with Crippen LogP contribution < -0.4 is 4.90 Å². The van der Waals surface area contributed by atoms with Gasteiger partial charge in [0.2, 0.25) is 0 Å². The summed E-state index contributed by atoms with van der Waals surface area (Å²) in [6, 6.07) is 5.95. The Morgan fingerprint density at radius 1 is 1.19 bits per heavy atom. The van der Waals surface area contributed by atoms with Crippen LogP contribution in [0.5, 0.6) is 0 Å². The molecule has 3 heteroatoms. The molecule has 1 aliphatic carbocycles. The van der Waals surface area contributed by atoms with Crippen LogP contribution in [0.15, 0.2) is 18.2 Å². The number of rotatable bonds is 2. The molecule has 1 saturated carbocycles. The smallest absolute Gasteiger partial charge is 0.0933 e. The normalized spacial score (nSPS) is 22.5. The van der Waals surface area contributed by atoms with Gasteiger partial charge in [0.05, 0.1) is 5.60 Å². The molecule has 0 amide bonds. The van der Waals surface area contributed by atoms with Crippen LogP contribution in [0.1, 0.15) is 31.2 Å². The first-order valence-corrected chi connectivity index (χ1v) is 6.35. The van der Waals surface area contributed by atoms with Crippen molar-refractivity contribution in [2.45, 2.75) is 31.3 Å². The molecule has 0 aromatic heterocycles. The Kier molecular flexibility index (Phi) is 2.37. The minimum absolute atomic E-state index is 0.643. The van der Waals surface area contributed by atoms with Gasteiger partial charge in [0.1, 0.15) is 0 Å². The van der Waals surface area contributed by atoms with E-state index < -0.39 is 5.60 Å². The van der Waals surface area contributed by atoms with Crippen LogP contribution in [-0.2, 0) is 5.60 Å². The van der Waals surface area contributed by atoms with Crippen molar-refractivity contribution in [1.82, 2.24) is 0 Å². The van der Waals surface area contributed by atoms with E-state index in [0.29, 0.717) is 5.02 Å². The summed E-state index contributed by atoms with van der Waals surface area (Å²) < 4.78 is 0. The second kappa shape index (κ2) is 3.64. The zero-order valence-corrected chi connectivity index (χ0v) is 10.0. The Morgan fingerprint density at radius 3 is 2.50 bits per heavy atom. The molecule has 16 heavy (non-hydrogen) atoms. The van der Waals surface area contributed by atoms with Gasteiger partial charge in [-0.15, -0.1) is 0 Å². The van der Waals surface area contributed by atoms with Gasteiger partial charge in [-0.3, -0.25) is 0 Å². The first-order valence-electron chi connectivity index (χ1n) is 5.97. The Hall–Kier alpha value is -0.730. The first kappa shape index (κ1) is 10.4. The molecule has 0 unspecified atom stereocenters. The fraction of sp³-hybridized carbons (Fsp3) is 0.538. The van der Waals surface area contributed by atoms with Crippen LogP contribution in [0.2, 0.25) is 5.02 Å². The molecule has 1 aromatic rings. The molecule has 0 atom stereocenters. The zero-order chi connectivity index (χ0) is 11.2. The maximum atomic E-state index is 10.3. The lowest BCUT2D eigenvalue weighted by atomic mass is 10.0. The van der Waals surface area contributed by atoms with E-state index in [1.165, 1.54) is 12.8 Å². The zero-order valence-electron chi connectivity index (χ0n) is 9.25. The molecule has 2 fully saturated rings. The number of nitrogens with zero attached hydrogens (tertiary/aromatic N) is 1. The summed E-state index contributed by atoms with van der Waals surface area (Å²) in [5, 5.41) is 11.0. The fourth-order valence-corrected chi connectivity index (χ4v) is 2.91. The number of aliphatic hydroxyl groups is 1. The van der Waals surface area contributed by atoms with Gasteiger partial charge in [-0.2, -0.15) is 0 Å². The Morgan fingerprint density at radius 2 is 1.88 bits per heavy atom. The quantitative estimate of drug-likeness (QED) is 0.855. The third-order valence-electron chi connectivity index (χ3n) is 3.63. The minimum atomic E-state index is -0.643. The van der Waals surface area contributed by atoms with Crippen molar-refractivity contribution in [3.05, 3.63) is 28.8 Å². The molecular weight excluding hydrogens is 222 g/mol. The summed E-state index contributed by atoms with van der Waals surface area (Å²) in [6.07, 6.45) is 4.17. The fourth-order valence-electron chi connectivity index (χ4n) is 2.56. The number of benzene rings is 1. The molecular formula is C13H16ClNO. The van der Waals surface area contributed by atoms with Gasteiger partial charge < -0.3 is 10.0 Å². The molecule has 2 nitrogen and oxygen atoms in total. The highest BCUT2D eigenvalue weighted by molar-refractivity contribution is 6.32. The summed E-state index contributed by atoms with van der Waals surface area (Å²) >= 11 is 6.25. The number of hydrogen-bond donors (Lipinski definition) is 1. The van der Waals surface area contributed by atoms with E-state index >= 15 is 0 Å². The van der Waals surface area contributed by atoms with E-state index in [1.807, 2.05) is 12.1 Å². The minimum Gasteiger partial charge on any atom is -0.385 e. The molecule has 86 valence electrons. The van der Waals surface area contributed by atoms with Crippen LogP contribution in [0.4, 0.5) is 5.69 Å². The second-order valence-electron chi connectivity index (χ2n) is 4.86. The molecule has 1 heterocycles. The third-order valence-corrected chi connectivity index (χ3v) is 3.94. The van der Waals surface area contributed by atoms with Crippen LogP contribution in [-0.4, -0.2) is 18.2 Å². The van der Waals surface area contributed by atoms with Gasteiger partial charge in [-0.05, 0) is 37.8 Å². The van der Waals surface area contributed by atoms with Crippen molar-refractivity contribution < 1.29 is 5.11 Å². The van der Waals surface area contributed by atoms with E-state index in [9.17, 15) is 5.11 Å². The van der Waals surface area contributed by atoms with E-state index in [4.69, 9.17) is 11.6 Å². The average Bonchev–Trinajstić information content (AvgIpc) is 2.83. The van der Waals surface area contributed by atoms with Crippen LogP contribution in [0.3, 0.4) is 0 Å². The lowest BCUT2D eigenvalue weighted by Gasteiger charge is -2.24. The summed E-state index contributed by atoms with van der Waals surface area (Å²) in [6.45, 7) is 2.17. The van der Waals surface area contributed by atoms with Crippen molar-refractivity contribution in [2.24, 2.45) is 0 Å². The topological polar surface area (TPSA) is 23.5 Å². The van der Waals surface area contributed by atoms with Gasteiger partial charge in [-0.1, -0.05) is 17.7 Å². The highest BCUT2D eigenvalue weighted by Crippen LogP contribution is 2.51. The van der Waals surface area contributed by atoms with Crippen molar-refractivity contribution in [1.29, 1.82) is 0 Å². The number of halogens is 1. The SMILES string of the molecule is OC1(c2c(Cl)cccc2N2CCCC2)CC1. The largest absolute Gasteiger partial charge is 0.385 e. The Balaban J connectivity index is 2.06. The molecule has 0 radical (unpaired) electrons. The highest BCUT2D eigenvalue weighted by Gasteiger charge is 2.45. The number of anilines is 1. The maximum Gasteiger partial charge on any atom is 0.0933 e. The van der Waals surface area contributed by atoms with E-state index in [0.717, 1.165) is 37.2 Å². The Labute approximate surface area is 101 Å².